The summed E-state index contributed by atoms with van der Waals surface area (Å²) in [6, 6.07) is 5.52. The van der Waals surface area contributed by atoms with Crippen LogP contribution in [-0.2, 0) is 11.3 Å². The second-order valence-electron chi connectivity index (χ2n) is 5.48. The number of amides is 1. The van der Waals surface area contributed by atoms with Crippen LogP contribution in [-0.4, -0.2) is 33.4 Å². The average Bonchev–Trinajstić information content (AvgIpc) is 2.51. The topological polar surface area (TPSA) is 55.2 Å². The van der Waals surface area contributed by atoms with E-state index in [0.717, 1.165) is 24.9 Å². The minimum atomic E-state index is -0.159. The van der Waals surface area contributed by atoms with Crippen LogP contribution >= 0.6 is 0 Å². The number of aromatic nitrogens is 2. The van der Waals surface area contributed by atoms with Gasteiger partial charge in [-0.1, -0.05) is 25.5 Å². The van der Waals surface area contributed by atoms with Crippen molar-refractivity contribution in [2.45, 2.75) is 40.2 Å². The van der Waals surface area contributed by atoms with Crippen LogP contribution in [0.4, 0.5) is 0 Å². The van der Waals surface area contributed by atoms with Crippen LogP contribution in [0.1, 0.15) is 32.3 Å². The first-order valence-electron chi connectivity index (χ1n) is 7.81. The van der Waals surface area contributed by atoms with Crippen molar-refractivity contribution in [3.05, 3.63) is 40.4 Å². The maximum atomic E-state index is 12.5. The number of para-hydroxylation sites is 1. The van der Waals surface area contributed by atoms with Gasteiger partial charge in [0.15, 0.2) is 0 Å². The van der Waals surface area contributed by atoms with E-state index >= 15 is 0 Å². The Morgan fingerprint density at radius 1 is 1.32 bits per heavy atom. The van der Waals surface area contributed by atoms with Crippen LogP contribution < -0.4 is 5.56 Å². The summed E-state index contributed by atoms with van der Waals surface area (Å²) >= 11 is 0. The minimum Gasteiger partial charge on any atom is -0.341 e. The number of fused-ring (bicyclic) bond motifs is 1. The highest BCUT2D eigenvalue weighted by molar-refractivity contribution is 5.81. The third-order valence-electron chi connectivity index (χ3n) is 3.88. The number of aryl methyl sites for hydroxylation is 1. The maximum Gasteiger partial charge on any atom is 0.261 e. The second-order valence-corrected chi connectivity index (χ2v) is 5.48. The lowest BCUT2D eigenvalue weighted by atomic mass is 10.1. The molecule has 0 aliphatic carbocycles. The quantitative estimate of drug-likeness (QED) is 0.823. The van der Waals surface area contributed by atoms with Gasteiger partial charge < -0.3 is 4.90 Å². The molecule has 1 aromatic carbocycles. The fourth-order valence-electron chi connectivity index (χ4n) is 2.50. The molecule has 2 rings (SSSR count). The van der Waals surface area contributed by atoms with E-state index in [1.165, 1.54) is 10.9 Å². The summed E-state index contributed by atoms with van der Waals surface area (Å²) in [7, 11) is 0. The lowest BCUT2D eigenvalue weighted by Crippen LogP contribution is -2.37. The number of likely N-dealkylation sites (N-methyl/N-ethyl adjacent to an activating group) is 1. The van der Waals surface area contributed by atoms with Crippen LogP contribution in [0.15, 0.2) is 29.3 Å². The Kier molecular flexibility index (Phi) is 5.31. The number of hydrogen-bond acceptors (Lipinski definition) is 3. The van der Waals surface area contributed by atoms with Crippen LogP contribution in [0.5, 0.6) is 0 Å². The molecule has 0 aliphatic rings. The average molecular weight is 301 g/mol. The van der Waals surface area contributed by atoms with E-state index in [1.807, 2.05) is 26.0 Å². The molecule has 22 heavy (non-hydrogen) atoms. The van der Waals surface area contributed by atoms with Gasteiger partial charge in [0.05, 0.1) is 17.2 Å². The van der Waals surface area contributed by atoms with Gasteiger partial charge in [0.1, 0.15) is 6.54 Å². The zero-order chi connectivity index (χ0) is 16.1. The Balaban J connectivity index is 2.26. The van der Waals surface area contributed by atoms with Gasteiger partial charge in [-0.3, -0.25) is 14.2 Å². The highest BCUT2D eigenvalue weighted by Crippen LogP contribution is 2.11. The number of hydrogen-bond donors (Lipinski definition) is 0. The molecule has 0 atom stereocenters. The van der Waals surface area contributed by atoms with Gasteiger partial charge >= 0.3 is 0 Å². The van der Waals surface area contributed by atoms with E-state index in [1.54, 1.807) is 11.0 Å². The summed E-state index contributed by atoms with van der Waals surface area (Å²) in [4.78, 5) is 31.0. The first-order chi connectivity index (χ1) is 10.6. The molecule has 5 heteroatoms. The van der Waals surface area contributed by atoms with Gasteiger partial charge in [-0.15, -0.1) is 0 Å². The van der Waals surface area contributed by atoms with Crippen molar-refractivity contribution in [2.24, 2.45) is 0 Å². The smallest absolute Gasteiger partial charge is 0.261 e. The number of carbonyl (C=O) groups excluding carboxylic acids is 1. The van der Waals surface area contributed by atoms with Crippen molar-refractivity contribution in [3.8, 4) is 0 Å². The molecule has 5 nitrogen and oxygen atoms in total. The minimum absolute atomic E-state index is 0.0353. The first kappa shape index (κ1) is 16.2. The lowest BCUT2D eigenvalue weighted by molar-refractivity contribution is -0.131. The number of benzene rings is 1. The molecule has 0 spiro atoms. The van der Waals surface area contributed by atoms with Crippen LogP contribution in [0.3, 0.4) is 0 Å². The Hall–Kier alpha value is -2.17. The Labute approximate surface area is 130 Å². The van der Waals surface area contributed by atoms with Crippen molar-refractivity contribution >= 4 is 16.8 Å². The Bertz CT molecular complexity index is 721. The normalized spacial score (nSPS) is 10.9. The first-order valence-corrected chi connectivity index (χ1v) is 7.81. The van der Waals surface area contributed by atoms with Crippen molar-refractivity contribution in [1.82, 2.24) is 14.5 Å². The highest BCUT2D eigenvalue weighted by Gasteiger charge is 2.14. The number of unbranched alkanes of at least 4 members (excludes halogenated alkanes) is 1. The van der Waals surface area contributed by atoms with Gasteiger partial charge in [-0.05, 0) is 31.9 Å². The van der Waals surface area contributed by atoms with Crippen molar-refractivity contribution < 1.29 is 4.79 Å². The lowest BCUT2D eigenvalue weighted by Gasteiger charge is -2.21. The van der Waals surface area contributed by atoms with Crippen LogP contribution in [0.25, 0.3) is 10.9 Å². The fourth-order valence-corrected chi connectivity index (χ4v) is 2.50. The van der Waals surface area contributed by atoms with E-state index in [2.05, 4.69) is 11.9 Å². The summed E-state index contributed by atoms with van der Waals surface area (Å²) in [5.74, 6) is -0.0353. The Morgan fingerprint density at radius 3 is 2.77 bits per heavy atom. The third-order valence-corrected chi connectivity index (χ3v) is 3.88. The molecule has 0 N–H and O–H groups in total. The molecule has 1 amide bonds. The Morgan fingerprint density at radius 2 is 2.09 bits per heavy atom. The summed E-state index contributed by atoms with van der Waals surface area (Å²) in [5, 5.41) is 0.562. The summed E-state index contributed by atoms with van der Waals surface area (Å²) in [6.07, 6.45) is 3.49. The highest BCUT2D eigenvalue weighted by atomic mass is 16.2. The largest absolute Gasteiger partial charge is 0.341 e. The molecule has 118 valence electrons. The van der Waals surface area contributed by atoms with Crippen molar-refractivity contribution in [3.63, 3.8) is 0 Å². The van der Waals surface area contributed by atoms with Crippen LogP contribution in [0.2, 0.25) is 0 Å². The van der Waals surface area contributed by atoms with Crippen molar-refractivity contribution in [2.75, 3.05) is 13.1 Å². The SMILES string of the molecule is CCCCN(CC)C(=O)Cn1cnc2c(C)cccc2c1=O. The predicted molar refractivity (Wildman–Crippen MR) is 87.9 cm³/mol. The summed E-state index contributed by atoms with van der Waals surface area (Å²) in [6.45, 7) is 7.42. The van der Waals surface area contributed by atoms with E-state index in [0.29, 0.717) is 17.4 Å². The maximum absolute atomic E-state index is 12.5. The second kappa shape index (κ2) is 7.20. The number of nitrogens with zero attached hydrogens (tertiary/aromatic N) is 3. The molecule has 2 aromatic rings. The molecule has 1 aromatic heterocycles. The predicted octanol–water partition coefficient (Wildman–Crippen LogP) is 2.35. The van der Waals surface area contributed by atoms with E-state index in [4.69, 9.17) is 0 Å². The zero-order valence-electron chi connectivity index (χ0n) is 13.5. The van der Waals surface area contributed by atoms with Gasteiger partial charge in [-0.25, -0.2) is 4.98 Å². The van der Waals surface area contributed by atoms with E-state index < -0.39 is 0 Å². The third kappa shape index (κ3) is 3.35. The molecule has 0 aliphatic heterocycles. The fraction of sp³-hybridized carbons (Fsp3) is 0.471. The van der Waals surface area contributed by atoms with Crippen molar-refractivity contribution in [1.29, 1.82) is 0 Å². The molecular weight excluding hydrogens is 278 g/mol. The molecule has 0 radical (unpaired) electrons. The van der Waals surface area contributed by atoms with Gasteiger partial charge in [0.2, 0.25) is 5.91 Å². The zero-order valence-corrected chi connectivity index (χ0v) is 13.5. The standard InChI is InChI=1S/C17H23N3O2/c1-4-6-10-19(5-2)15(21)11-20-12-18-16-13(3)8-7-9-14(16)17(20)22/h7-9,12H,4-6,10-11H2,1-3H3. The van der Waals surface area contributed by atoms with Gasteiger partial charge in [0.25, 0.3) is 5.56 Å². The van der Waals surface area contributed by atoms with Crippen LogP contribution in [0, 0.1) is 6.92 Å². The summed E-state index contributed by atoms with van der Waals surface area (Å²) < 4.78 is 1.40. The molecule has 0 fully saturated rings. The molecule has 1 heterocycles. The number of rotatable bonds is 6. The van der Waals surface area contributed by atoms with Gasteiger partial charge in [-0.2, -0.15) is 0 Å². The molecule has 0 bridgehead atoms. The van der Waals surface area contributed by atoms with Gasteiger partial charge in [0, 0.05) is 13.1 Å². The van der Waals surface area contributed by atoms with E-state index in [9.17, 15) is 9.59 Å². The molecular formula is C17H23N3O2. The molecule has 0 saturated heterocycles. The molecule has 0 saturated carbocycles. The summed E-state index contributed by atoms with van der Waals surface area (Å²) in [5.41, 5.74) is 1.51. The molecule has 0 unspecified atom stereocenters. The van der Waals surface area contributed by atoms with E-state index in [-0.39, 0.29) is 18.0 Å². The number of carbonyl (C=O) groups is 1. The monoisotopic (exact) mass is 301 g/mol.